The van der Waals surface area contributed by atoms with Gasteiger partial charge in [-0.15, -0.1) is 0 Å². The van der Waals surface area contributed by atoms with Gasteiger partial charge in [0.05, 0.1) is 23.9 Å². The molecule has 0 bridgehead atoms. The highest BCUT2D eigenvalue weighted by Crippen LogP contribution is 2.26. The predicted molar refractivity (Wildman–Crippen MR) is 110 cm³/mol. The number of piperazine rings is 1. The highest BCUT2D eigenvalue weighted by Gasteiger charge is 2.25. The van der Waals surface area contributed by atoms with Crippen molar-refractivity contribution in [1.82, 2.24) is 20.1 Å². The van der Waals surface area contributed by atoms with Crippen LogP contribution < -0.4 is 5.32 Å². The van der Waals surface area contributed by atoms with Crippen molar-refractivity contribution in [2.45, 2.75) is 6.92 Å². The highest BCUT2D eigenvalue weighted by molar-refractivity contribution is 6.07. The number of para-hydroxylation sites is 1. The SMILES string of the molecule is CCNC(=O)CN1CCN(C(=O)c2cc(-c3ccco3)nc3ccccc23)CC1. The number of benzene rings is 1. The molecule has 3 aromatic rings. The minimum absolute atomic E-state index is 0.0194. The van der Waals surface area contributed by atoms with Gasteiger partial charge >= 0.3 is 0 Å². The van der Waals surface area contributed by atoms with Gasteiger partial charge in [-0.2, -0.15) is 0 Å². The number of likely N-dealkylation sites (N-methyl/N-ethyl adjacent to an activating group) is 1. The summed E-state index contributed by atoms with van der Waals surface area (Å²) in [5.41, 5.74) is 2.03. The fourth-order valence-corrected chi connectivity index (χ4v) is 3.64. The van der Waals surface area contributed by atoms with Crippen molar-refractivity contribution in [3.05, 3.63) is 54.3 Å². The van der Waals surface area contributed by atoms with Crippen LogP contribution in [0, 0.1) is 0 Å². The number of amides is 2. The smallest absolute Gasteiger partial charge is 0.254 e. The average Bonchev–Trinajstić information content (AvgIpc) is 3.28. The molecule has 2 aromatic heterocycles. The average molecular weight is 392 g/mol. The molecule has 1 aromatic carbocycles. The standard InChI is InChI=1S/C22H24N4O3/c1-2-23-21(27)15-25-9-11-26(12-10-25)22(28)17-14-19(20-8-5-13-29-20)24-18-7-4-3-6-16(17)18/h3-8,13-14H,2,9-12,15H2,1H3,(H,23,27). The molecule has 29 heavy (non-hydrogen) atoms. The Morgan fingerprint density at radius 2 is 1.90 bits per heavy atom. The van der Waals surface area contributed by atoms with Crippen LogP contribution in [0.5, 0.6) is 0 Å². The van der Waals surface area contributed by atoms with Crippen LogP contribution in [0.2, 0.25) is 0 Å². The van der Waals surface area contributed by atoms with Crippen LogP contribution in [0.4, 0.5) is 0 Å². The number of furan rings is 1. The number of pyridine rings is 1. The second kappa shape index (κ2) is 8.45. The molecule has 1 aliphatic heterocycles. The minimum Gasteiger partial charge on any atom is -0.463 e. The third-order valence-corrected chi connectivity index (χ3v) is 5.12. The van der Waals surface area contributed by atoms with Gasteiger partial charge in [0.1, 0.15) is 5.69 Å². The van der Waals surface area contributed by atoms with Gasteiger partial charge in [-0.25, -0.2) is 4.98 Å². The first-order valence-corrected chi connectivity index (χ1v) is 9.87. The van der Waals surface area contributed by atoms with Crippen molar-refractivity contribution in [2.75, 3.05) is 39.3 Å². The predicted octanol–water partition coefficient (Wildman–Crippen LogP) is 2.39. The summed E-state index contributed by atoms with van der Waals surface area (Å²) >= 11 is 0. The molecule has 0 atom stereocenters. The van der Waals surface area contributed by atoms with Gasteiger partial charge < -0.3 is 14.6 Å². The molecule has 0 saturated carbocycles. The lowest BCUT2D eigenvalue weighted by atomic mass is 10.0. The van der Waals surface area contributed by atoms with Crippen LogP contribution in [-0.2, 0) is 4.79 Å². The van der Waals surface area contributed by atoms with E-state index in [-0.39, 0.29) is 11.8 Å². The molecule has 7 heteroatoms. The molecular formula is C22H24N4O3. The molecule has 0 aliphatic carbocycles. The fourth-order valence-electron chi connectivity index (χ4n) is 3.64. The lowest BCUT2D eigenvalue weighted by Gasteiger charge is -2.34. The van der Waals surface area contributed by atoms with E-state index in [9.17, 15) is 9.59 Å². The highest BCUT2D eigenvalue weighted by atomic mass is 16.3. The number of fused-ring (bicyclic) bond motifs is 1. The van der Waals surface area contributed by atoms with Crippen molar-refractivity contribution in [3.63, 3.8) is 0 Å². The Balaban J connectivity index is 1.55. The van der Waals surface area contributed by atoms with Gasteiger partial charge in [-0.05, 0) is 31.2 Å². The summed E-state index contributed by atoms with van der Waals surface area (Å²) in [6, 6.07) is 13.1. The van der Waals surface area contributed by atoms with Gasteiger partial charge in [0, 0.05) is 38.1 Å². The molecular weight excluding hydrogens is 368 g/mol. The molecule has 1 fully saturated rings. The number of nitrogens with one attached hydrogen (secondary N) is 1. The first-order chi connectivity index (χ1) is 14.2. The van der Waals surface area contributed by atoms with Gasteiger partial charge in [0.2, 0.25) is 5.91 Å². The summed E-state index contributed by atoms with van der Waals surface area (Å²) < 4.78 is 5.49. The van der Waals surface area contributed by atoms with Gasteiger partial charge in [0.25, 0.3) is 5.91 Å². The number of hydrogen-bond acceptors (Lipinski definition) is 5. The maximum Gasteiger partial charge on any atom is 0.254 e. The first-order valence-electron chi connectivity index (χ1n) is 9.87. The fraction of sp³-hybridized carbons (Fsp3) is 0.318. The van der Waals surface area contributed by atoms with Crippen LogP contribution in [0.25, 0.3) is 22.4 Å². The number of carbonyl (C=O) groups is 2. The quantitative estimate of drug-likeness (QED) is 0.721. The summed E-state index contributed by atoms with van der Waals surface area (Å²) in [6.07, 6.45) is 1.60. The Morgan fingerprint density at radius 3 is 2.62 bits per heavy atom. The number of nitrogens with zero attached hydrogens (tertiary/aromatic N) is 3. The van der Waals surface area contributed by atoms with Crippen LogP contribution in [0.1, 0.15) is 17.3 Å². The Hall–Kier alpha value is -3.19. The van der Waals surface area contributed by atoms with Crippen molar-refractivity contribution >= 4 is 22.7 Å². The third-order valence-electron chi connectivity index (χ3n) is 5.12. The lowest BCUT2D eigenvalue weighted by Crippen LogP contribution is -2.51. The largest absolute Gasteiger partial charge is 0.463 e. The number of rotatable bonds is 5. The maximum absolute atomic E-state index is 13.3. The molecule has 2 amide bonds. The molecule has 150 valence electrons. The maximum atomic E-state index is 13.3. The van der Waals surface area contributed by atoms with Gasteiger partial charge in [0.15, 0.2) is 5.76 Å². The zero-order valence-electron chi connectivity index (χ0n) is 16.4. The van der Waals surface area contributed by atoms with Crippen LogP contribution in [0.3, 0.4) is 0 Å². The van der Waals surface area contributed by atoms with Gasteiger partial charge in [-0.3, -0.25) is 14.5 Å². The Morgan fingerprint density at radius 1 is 1.10 bits per heavy atom. The second-order valence-electron chi connectivity index (χ2n) is 7.07. The molecule has 0 unspecified atom stereocenters. The van der Waals surface area contributed by atoms with Crippen molar-refractivity contribution < 1.29 is 14.0 Å². The first kappa shape index (κ1) is 19.1. The molecule has 3 heterocycles. The summed E-state index contributed by atoms with van der Waals surface area (Å²) in [5.74, 6) is 0.640. The summed E-state index contributed by atoms with van der Waals surface area (Å²) in [7, 11) is 0. The number of carbonyl (C=O) groups excluding carboxylic acids is 2. The van der Waals surface area contributed by atoms with Crippen LogP contribution in [0.15, 0.2) is 53.1 Å². The number of aromatic nitrogens is 1. The van der Waals surface area contributed by atoms with E-state index < -0.39 is 0 Å². The monoisotopic (exact) mass is 392 g/mol. The van der Waals surface area contributed by atoms with E-state index in [2.05, 4.69) is 15.2 Å². The van der Waals surface area contributed by atoms with Crippen LogP contribution >= 0.6 is 0 Å². The Kier molecular flexibility index (Phi) is 5.57. The summed E-state index contributed by atoms with van der Waals surface area (Å²) in [6.45, 7) is 5.44. The molecule has 4 rings (SSSR count). The number of hydrogen-bond donors (Lipinski definition) is 1. The Labute approximate surface area is 169 Å². The van der Waals surface area contributed by atoms with E-state index in [1.165, 1.54) is 0 Å². The van der Waals surface area contributed by atoms with Crippen LogP contribution in [-0.4, -0.2) is 65.9 Å². The van der Waals surface area contributed by atoms with Crippen molar-refractivity contribution in [1.29, 1.82) is 0 Å². The van der Waals surface area contributed by atoms with E-state index in [1.807, 2.05) is 54.3 Å². The summed E-state index contributed by atoms with van der Waals surface area (Å²) in [5, 5.41) is 3.65. The van der Waals surface area contributed by atoms with E-state index in [0.717, 1.165) is 10.9 Å². The minimum atomic E-state index is -0.0194. The lowest BCUT2D eigenvalue weighted by molar-refractivity contribution is -0.122. The van der Waals surface area contributed by atoms with Gasteiger partial charge in [-0.1, -0.05) is 18.2 Å². The molecule has 1 N–H and O–H groups in total. The molecule has 0 spiro atoms. The molecule has 7 nitrogen and oxygen atoms in total. The summed E-state index contributed by atoms with van der Waals surface area (Å²) in [4.78, 5) is 33.7. The zero-order valence-corrected chi connectivity index (χ0v) is 16.4. The molecule has 0 radical (unpaired) electrons. The van der Waals surface area contributed by atoms with E-state index >= 15 is 0 Å². The molecule has 1 aliphatic rings. The zero-order chi connectivity index (χ0) is 20.2. The van der Waals surface area contributed by atoms with Crippen molar-refractivity contribution in [3.8, 4) is 11.5 Å². The topological polar surface area (TPSA) is 78.7 Å². The normalized spacial score (nSPS) is 14.9. The molecule has 1 saturated heterocycles. The Bertz CT molecular complexity index is 1010. The van der Waals surface area contributed by atoms with E-state index in [4.69, 9.17) is 4.42 Å². The second-order valence-corrected chi connectivity index (χ2v) is 7.07. The van der Waals surface area contributed by atoms with E-state index in [1.54, 1.807) is 6.26 Å². The van der Waals surface area contributed by atoms with E-state index in [0.29, 0.717) is 56.3 Å². The third kappa shape index (κ3) is 4.14. The van der Waals surface area contributed by atoms with Crippen molar-refractivity contribution in [2.24, 2.45) is 0 Å².